The summed E-state index contributed by atoms with van der Waals surface area (Å²) >= 11 is 0. The molecule has 0 unspecified atom stereocenters. The summed E-state index contributed by atoms with van der Waals surface area (Å²) in [6, 6.07) is 26.0. The summed E-state index contributed by atoms with van der Waals surface area (Å²) in [6.07, 6.45) is 1.46. The molecule has 3 aromatic rings. The molecule has 0 atom stereocenters. The average Bonchev–Trinajstić information content (AvgIpc) is 2.80. The molecular weight excluding hydrogens is 408 g/mol. The van der Waals surface area contributed by atoms with Crippen molar-refractivity contribution in [2.75, 3.05) is 18.4 Å². The van der Waals surface area contributed by atoms with Crippen LogP contribution in [0.5, 0.6) is 0 Å². The Morgan fingerprint density at radius 1 is 0.871 bits per heavy atom. The van der Waals surface area contributed by atoms with Crippen molar-refractivity contribution in [1.82, 2.24) is 4.90 Å². The molecule has 2 aliphatic rings. The standard InChI is InChI=1S/C25H24N4O.ClH/c26-23-21-8-4-5-9-22(21)27-25(28-23)14-16-29(17-15-25)24(30)20-12-10-19(11-13-20)18-6-2-1-3-7-18;/h1-13,27H,14-17H2,(H2,26,28);1H. The second-order valence-corrected chi connectivity index (χ2v) is 7.93. The molecule has 1 saturated heterocycles. The number of hydrogen-bond acceptors (Lipinski definition) is 4. The van der Waals surface area contributed by atoms with Crippen LogP contribution in [0.25, 0.3) is 11.1 Å². The molecule has 31 heavy (non-hydrogen) atoms. The fourth-order valence-electron chi connectivity index (χ4n) is 4.32. The Hall–Kier alpha value is -3.31. The second-order valence-electron chi connectivity index (χ2n) is 7.93. The van der Waals surface area contributed by atoms with Crippen molar-refractivity contribution < 1.29 is 4.79 Å². The largest absolute Gasteiger partial charge is 0.383 e. The average molecular weight is 433 g/mol. The summed E-state index contributed by atoms with van der Waals surface area (Å²) in [5.41, 5.74) is 10.7. The first-order chi connectivity index (χ1) is 14.6. The van der Waals surface area contributed by atoms with Crippen LogP contribution >= 0.6 is 12.4 Å². The maximum atomic E-state index is 13.0. The van der Waals surface area contributed by atoms with Gasteiger partial charge in [0.2, 0.25) is 0 Å². The van der Waals surface area contributed by atoms with Gasteiger partial charge in [0.1, 0.15) is 11.5 Å². The van der Waals surface area contributed by atoms with E-state index in [1.807, 2.05) is 71.6 Å². The zero-order valence-electron chi connectivity index (χ0n) is 17.1. The van der Waals surface area contributed by atoms with Gasteiger partial charge in [-0.1, -0.05) is 54.6 Å². The molecule has 3 N–H and O–H groups in total. The molecule has 0 bridgehead atoms. The fraction of sp³-hybridized carbons (Fsp3) is 0.200. The minimum Gasteiger partial charge on any atom is -0.383 e. The third-order valence-corrected chi connectivity index (χ3v) is 6.02. The van der Waals surface area contributed by atoms with Gasteiger partial charge in [-0.15, -0.1) is 12.4 Å². The molecule has 2 aliphatic heterocycles. The Morgan fingerprint density at radius 2 is 1.48 bits per heavy atom. The minimum absolute atomic E-state index is 0. The molecule has 0 aliphatic carbocycles. The summed E-state index contributed by atoms with van der Waals surface area (Å²) in [6.45, 7) is 1.29. The molecule has 5 rings (SSSR count). The van der Waals surface area contributed by atoms with Crippen LogP contribution in [-0.4, -0.2) is 35.4 Å². The van der Waals surface area contributed by atoms with Crippen molar-refractivity contribution in [3.05, 3.63) is 90.0 Å². The normalized spacial score (nSPS) is 16.5. The maximum absolute atomic E-state index is 13.0. The van der Waals surface area contributed by atoms with Crippen molar-refractivity contribution >= 4 is 29.8 Å². The van der Waals surface area contributed by atoms with Crippen molar-refractivity contribution in [3.8, 4) is 11.1 Å². The van der Waals surface area contributed by atoms with Crippen molar-refractivity contribution in [2.24, 2.45) is 10.7 Å². The molecule has 0 saturated carbocycles. The van der Waals surface area contributed by atoms with E-state index in [1.54, 1.807) is 0 Å². The van der Waals surface area contributed by atoms with Crippen LogP contribution in [0.4, 0.5) is 5.69 Å². The summed E-state index contributed by atoms with van der Waals surface area (Å²) in [4.78, 5) is 19.7. The van der Waals surface area contributed by atoms with Crippen LogP contribution < -0.4 is 11.1 Å². The number of anilines is 1. The topological polar surface area (TPSA) is 70.7 Å². The number of rotatable bonds is 2. The fourth-order valence-corrected chi connectivity index (χ4v) is 4.32. The molecule has 1 fully saturated rings. The zero-order chi connectivity index (χ0) is 20.6. The quantitative estimate of drug-likeness (QED) is 0.624. The smallest absolute Gasteiger partial charge is 0.253 e. The number of piperidine rings is 1. The number of nitrogens with two attached hydrogens (primary N) is 1. The van der Waals surface area contributed by atoms with E-state index in [2.05, 4.69) is 17.4 Å². The van der Waals surface area contributed by atoms with Gasteiger partial charge in [-0.25, -0.2) is 4.99 Å². The number of likely N-dealkylation sites (tertiary alicyclic amines) is 1. The number of carbonyl (C=O) groups is 1. The van der Waals surface area contributed by atoms with Gasteiger partial charge in [-0.05, 0) is 35.4 Å². The van der Waals surface area contributed by atoms with Crippen LogP contribution in [0, 0.1) is 0 Å². The minimum atomic E-state index is -0.424. The highest BCUT2D eigenvalue weighted by molar-refractivity contribution is 6.04. The Morgan fingerprint density at radius 3 is 2.19 bits per heavy atom. The molecule has 3 aromatic carbocycles. The summed E-state index contributed by atoms with van der Waals surface area (Å²) < 4.78 is 0. The van der Waals surface area contributed by atoms with E-state index in [0.29, 0.717) is 18.9 Å². The predicted octanol–water partition coefficient (Wildman–Crippen LogP) is 4.54. The van der Waals surface area contributed by atoms with Gasteiger partial charge < -0.3 is 16.0 Å². The van der Waals surface area contributed by atoms with E-state index >= 15 is 0 Å². The molecule has 1 spiro atoms. The van der Waals surface area contributed by atoms with E-state index in [1.165, 1.54) is 0 Å². The number of carbonyl (C=O) groups excluding carboxylic acids is 1. The number of amidine groups is 1. The SMILES string of the molecule is Cl.NC1=NC2(CCN(C(=O)c3ccc(-c4ccccc4)cc3)CC2)Nc2ccccc21. The van der Waals surface area contributed by atoms with Gasteiger partial charge in [0.25, 0.3) is 5.91 Å². The number of benzene rings is 3. The molecule has 158 valence electrons. The Balaban J connectivity index is 0.00000231. The number of hydrogen-bond donors (Lipinski definition) is 2. The summed E-state index contributed by atoms with van der Waals surface area (Å²) in [7, 11) is 0. The molecule has 6 heteroatoms. The summed E-state index contributed by atoms with van der Waals surface area (Å²) in [5, 5.41) is 3.56. The molecule has 1 amide bonds. The van der Waals surface area contributed by atoms with Crippen molar-refractivity contribution in [2.45, 2.75) is 18.5 Å². The lowest BCUT2D eigenvalue weighted by Crippen LogP contribution is -2.52. The molecule has 5 nitrogen and oxygen atoms in total. The Bertz CT molecular complexity index is 1100. The van der Waals surface area contributed by atoms with Crippen LogP contribution in [0.3, 0.4) is 0 Å². The number of nitrogens with one attached hydrogen (secondary N) is 1. The highest BCUT2D eigenvalue weighted by Crippen LogP contribution is 2.34. The predicted molar refractivity (Wildman–Crippen MR) is 128 cm³/mol. The Kier molecular flexibility index (Phi) is 5.70. The van der Waals surface area contributed by atoms with Crippen LogP contribution in [0.15, 0.2) is 83.9 Å². The maximum Gasteiger partial charge on any atom is 0.253 e. The lowest BCUT2D eigenvalue weighted by molar-refractivity contribution is 0.0685. The first-order valence-corrected chi connectivity index (χ1v) is 10.3. The molecule has 2 heterocycles. The first kappa shape index (κ1) is 20.9. The van der Waals surface area contributed by atoms with E-state index in [-0.39, 0.29) is 18.3 Å². The number of amides is 1. The third-order valence-electron chi connectivity index (χ3n) is 6.02. The van der Waals surface area contributed by atoms with Gasteiger partial charge in [0, 0.05) is 42.7 Å². The zero-order valence-corrected chi connectivity index (χ0v) is 17.9. The highest BCUT2D eigenvalue weighted by Gasteiger charge is 2.38. The van der Waals surface area contributed by atoms with Crippen LogP contribution in [-0.2, 0) is 0 Å². The van der Waals surface area contributed by atoms with Gasteiger partial charge in [-0.2, -0.15) is 0 Å². The highest BCUT2D eigenvalue weighted by atomic mass is 35.5. The van der Waals surface area contributed by atoms with Crippen molar-refractivity contribution in [3.63, 3.8) is 0 Å². The molecule has 0 radical (unpaired) electrons. The molecule has 0 aromatic heterocycles. The van der Waals surface area contributed by atoms with E-state index in [4.69, 9.17) is 10.7 Å². The van der Waals surface area contributed by atoms with Crippen LogP contribution in [0.2, 0.25) is 0 Å². The van der Waals surface area contributed by atoms with Gasteiger partial charge in [0.05, 0.1) is 0 Å². The first-order valence-electron chi connectivity index (χ1n) is 10.3. The van der Waals surface area contributed by atoms with E-state index < -0.39 is 5.66 Å². The second kappa shape index (κ2) is 8.44. The third kappa shape index (κ3) is 4.01. The lowest BCUT2D eigenvalue weighted by Gasteiger charge is -2.42. The molecular formula is C25H25ClN4O. The van der Waals surface area contributed by atoms with E-state index in [9.17, 15) is 4.79 Å². The van der Waals surface area contributed by atoms with E-state index in [0.717, 1.165) is 40.8 Å². The lowest BCUT2D eigenvalue weighted by atomic mass is 9.93. The van der Waals surface area contributed by atoms with Crippen molar-refractivity contribution in [1.29, 1.82) is 0 Å². The number of halogens is 1. The van der Waals surface area contributed by atoms with Crippen LogP contribution in [0.1, 0.15) is 28.8 Å². The Labute approximate surface area is 188 Å². The van der Waals surface area contributed by atoms with Gasteiger partial charge in [-0.3, -0.25) is 4.79 Å². The van der Waals surface area contributed by atoms with Gasteiger partial charge in [0.15, 0.2) is 0 Å². The number of nitrogens with zero attached hydrogens (tertiary/aromatic N) is 2. The van der Waals surface area contributed by atoms with Gasteiger partial charge >= 0.3 is 0 Å². The number of aliphatic imine (C=N–C) groups is 1. The summed E-state index contributed by atoms with van der Waals surface area (Å²) in [5.74, 6) is 0.637. The number of para-hydroxylation sites is 1. The monoisotopic (exact) mass is 432 g/mol. The number of fused-ring (bicyclic) bond motifs is 1.